The van der Waals surface area contributed by atoms with Gasteiger partial charge in [0.05, 0.1) is 6.61 Å². The fraction of sp³-hybridized carbons (Fsp3) is 0.364. The molecule has 1 aromatic carbocycles. The summed E-state index contributed by atoms with van der Waals surface area (Å²) in [6.07, 6.45) is 0. The number of nitrogens with two attached hydrogens (primary N) is 1. The summed E-state index contributed by atoms with van der Waals surface area (Å²) in [6.45, 7) is 0.169. The predicted octanol–water partition coefficient (Wildman–Crippen LogP) is 0.329. The maximum Gasteiger partial charge on any atom is 0.246 e. The van der Waals surface area contributed by atoms with Crippen molar-refractivity contribution in [3.8, 4) is 5.75 Å². The van der Waals surface area contributed by atoms with Crippen LogP contribution in [0.15, 0.2) is 24.3 Å². The van der Waals surface area contributed by atoms with Crippen LogP contribution < -0.4 is 10.6 Å². The maximum atomic E-state index is 11.8. The molecule has 1 aromatic rings. The zero-order chi connectivity index (χ0) is 12.1. The third kappa shape index (κ3) is 2.95. The molecular formula is C11H16N2O3. The van der Waals surface area contributed by atoms with Gasteiger partial charge in [0.1, 0.15) is 11.8 Å². The predicted molar refractivity (Wildman–Crippen MR) is 61.4 cm³/mol. The molecule has 1 amide bonds. The number of carbonyl (C=O) groups excluding carboxylic acids is 1. The maximum absolute atomic E-state index is 11.8. The van der Waals surface area contributed by atoms with Crippen LogP contribution in [0.4, 0.5) is 5.69 Å². The van der Waals surface area contributed by atoms with Crippen molar-refractivity contribution >= 4 is 11.6 Å². The van der Waals surface area contributed by atoms with Crippen molar-refractivity contribution in [1.29, 1.82) is 0 Å². The lowest BCUT2D eigenvalue weighted by molar-refractivity contribution is -0.120. The van der Waals surface area contributed by atoms with Gasteiger partial charge < -0.3 is 20.5 Å². The number of aromatic hydroxyl groups is 1. The highest BCUT2D eigenvalue weighted by atomic mass is 16.5. The van der Waals surface area contributed by atoms with E-state index in [-0.39, 0.29) is 18.3 Å². The van der Waals surface area contributed by atoms with Crippen molar-refractivity contribution in [2.75, 3.05) is 25.7 Å². The van der Waals surface area contributed by atoms with Crippen LogP contribution in [0.25, 0.3) is 0 Å². The van der Waals surface area contributed by atoms with Gasteiger partial charge in [-0.25, -0.2) is 0 Å². The lowest BCUT2D eigenvalue weighted by atomic mass is 10.2. The second-order valence-corrected chi connectivity index (χ2v) is 3.48. The number of nitrogens with zero attached hydrogens (tertiary/aromatic N) is 1. The molecular weight excluding hydrogens is 208 g/mol. The molecule has 5 heteroatoms. The fourth-order valence-electron chi connectivity index (χ4n) is 1.33. The van der Waals surface area contributed by atoms with Crippen LogP contribution in [0.5, 0.6) is 5.75 Å². The van der Waals surface area contributed by atoms with Crippen molar-refractivity contribution < 1.29 is 14.6 Å². The first-order chi connectivity index (χ1) is 7.56. The summed E-state index contributed by atoms with van der Waals surface area (Å²) in [5.74, 6) is -0.148. The number of benzene rings is 1. The van der Waals surface area contributed by atoms with Gasteiger partial charge in [-0.3, -0.25) is 4.79 Å². The van der Waals surface area contributed by atoms with E-state index in [9.17, 15) is 9.90 Å². The van der Waals surface area contributed by atoms with Gasteiger partial charge in [0, 0.05) is 25.9 Å². The summed E-state index contributed by atoms with van der Waals surface area (Å²) in [7, 11) is 3.09. The van der Waals surface area contributed by atoms with E-state index in [0.29, 0.717) is 5.69 Å². The SMILES string of the molecule is COCC(N)C(=O)N(C)c1cccc(O)c1. The average Bonchev–Trinajstić information content (AvgIpc) is 2.27. The van der Waals surface area contributed by atoms with Crippen molar-refractivity contribution in [2.24, 2.45) is 5.73 Å². The molecule has 1 rings (SSSR count). The Kier molecular flexibility index (Phi) is 4.28. The third-order valence-corrected chi connectivity index (χ3v) is 2.21. The zero-order valence-electron chi connectivity index (χ0n) is 9.38. The average molecular weight is 224 g/mol. The van der Waals surface area contributed by atoms with Gasteiger partial charge >= 0.3 is 0 Å². The summed E-state index contributed by atoms with van der Waals surface area (Å²) in [5, 5.41) is 9.29. The van der Waals surface area contributed by atoms with E-state index in [0.717, 1.165) is 0 Å². The van der Waals surface area contributed by atoms with Crippen LogP contribution >= 0.6 is 0 Å². The van der Waals surface area contributed by atoms with Gasteiger partial charge in [-0.2, -0.15) is 0 Å². The van der Waals surface area contributed by atoms with Gasteiger partial charge in [0.25, 0.3) is 0 Å². The van der Waals surface area contributed by atoms with E-state index in [1.54, 1.807) is 19.2 Å². The zero-order valence-corrected chi connectivity index (χ0v) is 9.38. The molecule has 0 bridgehead atoms. The van der Waals surface area contributed by atoms with Gasteiger partial charge in [-0.1, -0.05) is 6.07 Å². The van der Waals surface area contributed by atoms with Crippen LogP contribution in [0.1, 0.15) is 0 Å². The molecule has 0 radical (unpaired) electrons. The summed E-state index contributed by atoms with van der Waals surface area (Å²) in [4.78, 5) is 13.2. The number of likely N-dealkylation sites (N-methyl/N-ethyl adjacent to an activating group) is 1. The van der Waals surface area contributed by atoms with E-state index < -0.39 is 6.04 Å². The number of hydrogen-bond acceptors (Lipinski definition) is 4. The van der Waals surface area contributed by atoms with Crippen LogP contribution in [0.3, 0.4) is 0 Å². The number of amides is 1. The monoisotopic (exact) mass is 224 g/mol. The third-order valence-electron chi connectivity index (χ3n) is 2.21. The Morgan fingerprint density at radius 2 is 2.31 bits per heavy atom. The number of phenols is 1. The molecule has 0 spiro atoms. The first kappa shape index (κ1) is 12.5. The molecule has 0 fully saturated rings. The Hall–Kier alpha value is -1.59. The number of methoxy groups -OCH3 is 1. The molecule has 0 heterocycles. The highest BCUT2D eigenvalue weighted by Crippen LogP contribution is 2.19. The largest absolute Gasteiger partial charge is 0.508 e. The highest BCUT2D eigenvalue weighted by Gasteiger charge is 2.19. The second kappa shape index (κ2) is 5.48. The van der Waals surface area contributed by atoms with Crippen molar-refractivity contribution in [3.63, 3.8) is 0 Å². The van der Waals surface area contributed by atoms with Crippen LogP contribution in [-0.2, 0) is 9.53 Å². The highest BCUT2D eigenvalue weighted by molar-refractivity contribution is 5.96. The first-order valence-corrected chi connectivity index (χ1v) is 4.87. The molecule has 88 valence electrons. The van der Waals surface area contributed by atoms with Gasteiger partial charge in [-0.05, 0) is 12.1 Å². The molecule has 1 atom stereocenters. The molecule has 0 aliphatic heterocycles. The number of ether oxygens (including phenoxy) is 1. The number of hydrogen-bond donors (Lipinski definition) is 2. The van der Waals surface area contributed by atoms with Crippen molar-refractivity contribution in [1.82, 2.24) is 0 Å². The van der Waals surface area contributed by atoms with Gasteiger partial charge in [0.15, 0.2) is 0 Å². The van der Waals surface area contributed by atoms with Crippen LogP contribution in [0.2, 0.25) is 0 Å². The summed E-state index contributed by atoms with van der Waals surface area (Å²) in [6, 6.07) is 5.72. The van der Waals surface area contributed by atoms with E-state index in [2.05, 4.69) is 0 Å². The number of anilines is 1. The topological polar surface area (TPSA) is 75.8 Å². The number of rotatable bonds is 4. The quantitative estimate of drug-likeness (QED) is 0.772. The summed E-state index contributed by atoms with van der Waals surface area (Å²) < 4.78 is 4.81. The molecule has 0 aliphatic rings. The minimum Gasteiger partial charge on any atom is -0.508 e. The summed E-state index contributed by atoms with van der Waals surface area (Å²) >= 11 is 0. The molecule has 0 aliphatic carbocycles. The van der Waals surface area contributed by atoms with Crippen molar-refractivity contribution in [3.05, 3.63) is 24.3 Å². The molecule has 5 nitrogen and oxygen atoms in total. The minimum atomic E-state index is -0.697. The lowest BCUT2D eigenvalue weighted by Gasteiger charge is -2.21. The minimum absolute atomic E-state index is 0.109. The smallest absolute Gasteiger partial charge is 0.246 e. The number of phenolic OH excluding ortho intramolecular Hbond substituents is 1. The standard InChI is InChI=1S/C11H16N2O3/c1-13(11(15)10(12)7-16-2)8-4-3-5-9(14)6-8/h3-6,10,14H,7,12H2,1-2H3. The lowest BCUT2D eigenvalue weighted by Crippen LogP contribution is -2.44. The van der Waals surface area contributed by atoms with Crippen LogP contribution in [-0.4, -0.2) is 37.8 Å². The Morgan fingerprint density at radius 3 is 2.88 bits per heavy atom. The Bertz CT molecular complexity index is 368. The first-order valence-electron chi connectivity index (χ1n) is 4.87. The molecule has 16 heavy (non-hydrogen) atoms. The fourth-order valence-corrected chi connectivity index (χ4v) is 1.33. The molecule has 3 N–H and O–H groups in total. The normalized spacial score (nSPS) is 12.2. The molecule has 0 saturated carbocycles. The van der Waals surface area contributed by atoms with E-state index in [1.165, 1.54) is 24.1 Å². The molecule has 0 saturated heterocycles. The van der Waals surface area contributed by atoms with E-state index in [1.807, 2.05) is 0 Å². The second-order valence-electron chi connectivity index (χ2n) is 3.48. The van der Waals surface area contributed by atoms with Gasteiger partial charge in [0.2, 0.25) is 5.91 Å². The number of carbonyl (C=O) groups is 1. The van der Waals surface area contributed by atoms with E-state index in [4.69, 9.17) is 10.5 Å². The van der Waals surface area contributed by atoms with Gasteiger partial charge in [-0.15, -0.1) is 0 Å². The summed E-state index contributed by atoms with van der Waals surface area (Å²) in [5.41, 5.74) is 6.22. The molecule has 0 aromatic heterocycles. The Morgan fingerprint density at radius 1 is 1.62 bits per heavy atom. The Labute approximate surface area is 94.4 Å². The Balaban J connectivity index is 2.77. The molecule has 1 unspecified atom stereocenters. The van der Waals surface area contributed by atoms with Crippen molar-refractivity contribution in [2.45, 2.75) is 6.04 Å². The van der Waals surface area contributed by atoms with Crippen LogP contribution in [0, 0.1) is 0 Å². The van der Waals surface area contributed by atoms with E-state index >= 15 is 0 Å².